The summed E-state index contributed by atoms with van der Waals surface area (Å²) in [4.78, 5) is 28.4. The van der Waals surface area contributed by atoms with E-state index in [9.17, 15) is 9.59 Å². The molecule has 0 saturated heterocycles. The van der Waals surface area contributed by atoms with E-state index in [0.29, 0.717) is 35.2 Å². The van der Waals surface area contributed by atoms with Gasteiger partial charge in [0.2, 0.25) is 11.8 Å². The van der Waals surface area contributed by atoms with Crippen molar-refractivity contribution >= 4 is 35.0 Å². The van der Waals surface area contributed by atoms with Gasteiger partial charge in [0.15, 0.2) is 0 Å². The number of methoxy groups -OCH3 is 1. The van der Waals surface area contributed by atoms with Gasteiger partial charge < -0.3 is 19.7 Å². The first-order chi connectivity index (χ1) is 17.4. The van der Waals surface area contributed by atoms with Gasteiger partial charge in [-0.3, -0.25) is 9.59 Å². The number of halogens is 2. The van der Waals surface area contributed by atoms with Crippen molar-refractivity contribution in [3.8, 4) is 11.5 Å². The van der Waals surface area contributed by atoms with Crippen LogP contribution in [0.15, 0.2) is 42.5 Å². The van der Waals surface area contributed by atoms with E-state index in [1.165, 1.54) is 6.42 Å². The third kappa shape index (κ3) is 8.31. The first-order valence-electron chi connectivity index (χ1n) is 12.7. The monoisotopic (exact) mass is 534 g/mol. The average molecular weight is 536 g/mol. The Morgan fingerprint density at radius 2 is 1.72 bits per heavy atom. The van der Waals surface area contributed by atoms with Crippen LogP contribution in [0.4, 0.5) is 0 Å². The van der Waals surface area contributed by atoms with Crippen molar-refractivity contribution in [2.75, 3.05) is 13.7 Å². The second kappa shape index (κ2) is 14.3. The zero-order chi connectivity index (χ0) is 25.9. The molecule has 0 bridgehead atoms. The Bertz CT molecular complexity index is 994. The highest BCUT2D eigenvalue weighted by atomic mass is 35.5. The fraction of sp³-hybridized carbons (Fsp3) is 0.500. The van der Waals surface area contributed by atoms with Crippen LogP contribution in [0.3, 0.4) is 0 Å². The lowest BCUT2D eigenvalue weighted by Crippen LogP contribution is -2.51. The third-order valence-electron chi connectivity index (χ3n) is 6.54. The second-order valence-electron chi connectivity index (χ2n) is 9.17. The molecule has 1 atom stereocenters. The summed E-state index contributed by atoms with van der Waals surface area (Å²) in [5.41, 5.74) is 0.830. The number of carbonyl (C=O) groups excluding carboxylic acids is 2. The van der Waals surface area contributed by atoms with Crippen molar-refractivity contribution in [2.24, 2.45) is 0 Å². The Kier molecular flexibility index (Phi) is 11.2. The number of hydrogen-bond donors (Lipinski definition) is 1. The molecule has 3 rings (SSSR count). The van der Waals surface area contributed by atoms with E-state index in [0.717, 1.165) is 37.0 Å². The maximum atomic E-state index is 13.4. The first-order valence-corrected chi connectivity index (χ1v) is 13.5. The summed E-state index contributed by atoms with van der Waals surface area (Å²) in [7, 11) is 1.62. The van der Waals surface area contributed by atoms with Crippen LogP contribution in [0, 0.1) is 0 Å². The summed E-state index contributed by atoms with van der Waals surface area (Å²) in [5, 5.41) is 4.07. The standard InChI is InChI=1S/C28H36Cl2N2O4/c1-3-26(28(34)31-21-8-5-4-6-9-21)32(19-20-11-16-24(29)25(30)18-20)27(33)10-7-17-36-23-14-12-22(35-2)13-15-23/h11-16,18,21,26H,3-10,17,19H2,1-2H3,(H,31,34)/t26-/m0/s1. The SMILES string of the molecule is CC[C@@H](C(=O)NC1CCCCC1)N(Cc1ccc(Cl)c(Cl)c1)C(=O)CCCOc1ccc(OC)cc1. The van der Waals surface area contributed by atoms with E-state index < -0.39 is 6.04 Å². The molecule has 1 aliphatic rings. The highest BCUT2D eigenvalue weighted by Crippen LogP contribution is 2.25. The number of hydrogen-bond acceptors (Lipinski definition) is 4. The lowest BCUT2D eigenvalue weighted by molar-refractivity contribution is -0.142. The number of benzene rings is 2. The molecular formula is C28H36Cl2N2O4. The molecule has 0 spiro atoms. The van der Waals surface area contributed by atoms with Gasteiger partial charge in [-0.05, 0) is 67.6 Å². The van der Waals surface area contributed by atoms with Gasteiger partial charge in [0.05, 0.1) is 23.8 Å². The third-order valence-corrected chi connectivity index (χ3v) is 7.28. The van der Waals surface area contributed by atoms with Gasteiger partial charge in [0.1, 0.15) is 17.5 Å². The van der Waals surface area contributed by atoms with Gasteiger partial charge in [0, 0.05) is 19.0 Å². The van der Waals surface area contributed by atoms with Crippen LogP contribution >= 0.6 is 23.2 Å². The molecule has 0 heterocycles. The molecule has 0 aliphatic heterocycles. The van der Waals surface area contributed by atoms with E-state index in [1.54, 1.807) is 24.1 Å². The molecule has 8 heteroatoms. The van der Waals surface area contributed by atoms with E-state index in [1.807, 2.05) is 37.3 Å². The van der Waals surface area contributed by atoms with Crippen LogP contribution in [0.25, 0.3) is 0 Å². The van der Waals surface area contributed by atoms with Gasteiger partial charge in [-0.1, -0.05) is 55.5 Å². The molecular weight excluding hydrogens is 499 g/mol. The van der Waals surface area contributed by atoms with Crippen molar-refractivity contribution in [3.63, 3.8) is 0 Å². The summed E-state index contributed by atoms with van der Waals surface area (Å²) in [5.74, 6) is 1.29. The predicted molar refractivity (Wildman–Crippen MR) is 144 cm³/mol. The Balaban J connectivity index is 1.65. The second-order valence-corrected chi connectivity index (χ2v) is 9.98. The molecule has 6 nitrogen and oxygen atoms in total. The van der Waals surface area contributed by atoms with E-state index in [-0.39, 0.29) is 30.8 Å². The number of carbonyl (C=O) groups is 2. The molecule has 36 heavy (non-hydrogen) atoms. The topological polar surface area (TPSA) is 67.9 Å². The average Bonchev–Trinajstić information content (AvgIpc) is 2.89. The Hall–Kier alpha value is -2.44. The van der Waals surface area contributed by atoms with Crippen LogP contribution in [-0.2, 0) is 16.1 Å². The number of amides is 2. The summed E-state index contributed by atoms with van der Waals surface area (Å²) in [6.45, 7) is 2.61. The quantitative estimate of drug-likeness (QED) is 0.319. The molecule has 1 saturated carbocycles. The van der Waals surface area contributed by atoms with Crippen molar-refractivity contribution in [3.05, 3.63) is 58.1 Å². The van der Waals surface area contributed by atoms with E-state index in [4.69, 9.17) is 32.7 Å². The zero-order valence-corrected chi connectivity index (χ0v) is 22.6. The van der Waals surface area contributed by atoms with Gasteiger partial charge in [-0.25, -0.2) is 0 Å². The minimum Gasteiger partial charge on any atom is -0.497 e. The van der Waals surface area contributed by atoms with Crippen molar-refractivity contribution in [2.45, 2.75) is 76.9 Å². The minimum absolute atomic E-state index is 0.0905. The summed E-state index contributed by atoms with van der Waals surface area (Å²) in [6, 6.07) is 12.3. The summed E-state index contributed by atoms with van der Waals surface area (Å²) >= 11 is 12.3. The Morgan fingerprint density at radius 1 is 1.03 bits per heavy atom. The highest BCUT2D eigenvalue weighted by molar-refractivity contribution is 6.42. The van der Waals surface area contributed by atoms with E-state index in [2.05, 4.69) is 5.32 Å². The fourth-order valence-electron chi connectivity index (χ4n) is 4.53. The smallest absolute Gasteiger partial charge is 0.243 e. The molecule has 1 aliphatic carbocycles. The maximum absolute atomic E-state index is 13.4. The van der Waals surface area contributed by atoms with Crippen LogP contribution in [-0.4, -0.2) is 42.5 Å². The number of nitrogens with zero attached hydrogens (tertiary/aromatic N) is 1. The van der Waals surface area contributed by atoms with Crippen LogP contribution in [0.1, 0.15) is 63.9 Å². The maximum Gasteiger partial charge on any atom is 0.243 e. The number of nitrogens with one attached hydrogen (secondary N) is 1. The molecule has 1 N–H and O–H groups in total. The lowest BCUT2D eigenvalue weighted by Gasteiger charge is -2.33. The molecule has 0 aromatic heterocycles. The lowest BCUT2D eigenvalue weighted by atomic mass is 9.95. The van der Waals surface area contributed by atoms with Gasteiger partial charge in [-0.15, -0.1) is 0 Å². The molecule has 196 valence electrons. The van der Waals surface area contributed by atoms with Crippen molar-refractivity contribution < 1.29 is 19.1 Å². The molecule has 2 aromatic carbocycles. The van der Waals surface area contributed by atoms with Gasteiger partial charge >= 0.3 is 0 Å². The summed E-state index contributed by atoms with van der Waals surface area (Å²) in [6.07, 6.45) is 6.77. The summed E-state index contributed by atoms with van der Waals surface area (Å²) < 4.78 is 10.9. The van der Waals surface area contributed by atoms with E-state index >= 15 is 0 Å². The predicted octanol–water partition coefficient (Wildman–Crippen LogP) is 6.42. The molecule has 2 aromatic rings. The first kappa shape index (κ1) is 28.1. The Morgan fingerprint density at radius 3 is 2.36 bits per heavy atom. The van der Waals surface area contributed by atoms with Crippen molar-refractivity contribution in [1.29, 1.82) is 0 Å². The number of ether oxygens (including phenoxy) is 2. The normalized spacial score (nSPS) is 14.7. The molecule has 0 radical (unpaired) electrons. The highest BCUT2D eigenvalue weighted by Gasteiger charge is 2.30. The van der Waals surface area contributed by atoms with Gasteiger partial charge in [0.25, 0.3) is 0 Å². The zero-order valence-electron chi connectivity index (χ0n) is 21.1. The largest absolute Gasteiger partial charge is 0.497 e. The van der Waals surface area contributed by atoms with Crippen LogP contribution < -0.4 is 14.8 Å². The molecule has 1 fully saturated rings. The number of rotatable bonds is 12. The fourth-order valence-corrected chi connectivity index (χ4v) is 4.85. The molecule has 0 unspecified atom stereocenters. The van der Waals surface area contributed by atoms with Crippen molar-refractivity contribution in [1.82, 2.24) is 10.2 Å². The molecule has 2 amide bonds. The Labute approximate surface area is 224 Å². The minimum atomic E-state index is -0.559. The van der Waals surface area contributed by atoms with Gasteiger partial charge in [-0.2, -0.15) is 0 Å². The van der Waals surface area contributed by atoms with Crippen LogP contribution in [0.2, 0.25) is 10.0 Å². The van der Waals surface area contributed by atoms with Crippen LogP contribution in [0.5, 0.6) is 11.5 Å².